The predicted molar refractivity (Wildman–Crippen MR) is 100 cm³/mol. The number of ether oxygens (including phenoxy) is 1. The van der Waals surface area contributed by atoms with E-state index in [0.717, 1.165) is 10.4 Å². The van der Waals surface area contributed by atoms with Crippen LogP contribution >= 0.6 is 11.3 Å². The average Bonchev–Trinajstić information content (AvgIpc) is 3.35. The van der Waals surface area contributed by atoms with E-state index in [0.29, 0.717) is 29.3 Å². The number of nitrogens with one attached hydrogen (secondary N) is 1. The Morgan fingerprint density at radius 3 is 2.85 bits per heavy atom. The number of pyridine rings is 1. The second kappa shape index (κ2) is 6.97. The van der Waals surface area contributed by atoms with Crippen molar-refractivity contribution in [2.45, 2.75) is 6.54 Å². The molecule has 0 atom stereocenters. The van der Waals surface area contributed by atoms with Crippen LogP contribution in [0.25, 0.3) is 17.0 Å². The van der Waals surface area contributed by atoms with Crippen LogP contribution in [0.15, 0.2) is 60.1 Å². The topological polar surface area (TPSA) is 68.5 Å². The number of hydrogen-bond donors (Lipinski definition) is 1. The van der Waals surface area contributed by atoms with Gasteiger partial charge >= 0.3 is 0 Å². The lowest BCUT2D eigenvalue weighted by Gasteiger charge is -2.08. The minimum absolute atomic E-state index is 0.139. The fourth-order valence-electron chi connectivity index (χ4n) is 2.72. The Balaban J connectivity index is 1.67. The van der Waals surface area contributed by atoms with Crippen molar-refractivity contribution in [1.82, 2.24) is 19.9 Å². The van der Waals surface area contributed by atoms with E-state index >= 15 is 0 Å². The molecule has 0 saturated carbocycles. The fourth-order valence-corrected chi connectivity index (χ4v) is 3.37. The zero-order valence-corrected chi connectivity index (χ0v) is 14.9. The molecule has 0 radical (unpaired) electrons. The van der Waals surface area contributed by atoms with Crippen LogP contribution < -0.4 is 10.1 Å². The van der Waals surface area contributed by atoms with Crippen LogP contribution in [0.4, 0.5) is 0 Å². The van der Waals surface area contributed by atoms with E-state index in [9.17, 15) is 4.79 Å². The monoisotopic (exact) mass is 364 g/mol. The SMILES string of the molecule is COc1ccccc1-c1nnc2ccc(C(=O)NCc3cccs3)cn12. The number of carbonyl (C=O) groups is 1. The van der Waals surface area contributed by atoms with Gasteiger partial charge in [0.25, 0.3) is 5.91 Å². The first-order chi connectivity index (χ1) is 12.8. The smallest absolute Gasteiger partial charge is 0.253 e. The van der Waals surface area contributed by atoms with Gasteiger partial charge in [-0.3, -0.25) is 9.20 Å². The minimum Gasteiger partial charge on any atom is -0.496 e. The van der Waals surface area contributed by atoms with E-state index < -0.39 is 0 Å². The van der Waals surface area contributed by atoms with Crippen LogP contribution in [0.3, 0.4) is 0 Å². The zero-order valence-electron chi connectivity index (χ0n) is 14.0. The second-order valence-electron chi connectivity index (χ2n) is 5.63. The molecule has 0 bridgehead atoms. The summed E-state index contributed by atoms with van der Waals surface area (Å²) in [6, 6.07) is 15.1. The predicted octanol–water partition coefficient (Wildman–Crippen LogP) is 3.40. The van der Waals surface area contributed by atoms with Crippen LogP contribution in [0.2, 0.25) is 0 Å². The molecular weight excluding hydrogens is 348 g/mol. The second-order valence-corrected chi connectivity index (χ2v) is 6.66. The van der Waals surface area contributed by atoms with Crippen LogP contribution in [-0.4, -0.2) is 27.6 Å². The Bertz CT molecular complexity index is 1060. The number of fused-ring (bicyclic) bond motifs is 1. The molecule has 0 saturated heterocycles. The summed E-state index contributed by atoms with van der Waals surface area (Å²) in [4.78, 5) is 13.6. The summed E-state index contributed by atoms with van der Waals surface area (Å²) >= 11 is 1.61. The zero-order chi connectivity index (χ0) is 17.9. The van der Waals surface area contributed by atoms with Crippen molar-refractivity contribution in [3.63, 3.8) is 0 Å². The Kier molecular flexibility index (Phi) is 4.37. The molecule has 6 nitrogen and oxygen atoms in total. The summed E-state index contributed by atoms with van der Waals surface area (Å²) in [5.41, 5.74) is 2.03. The number of methoxy groups -OCH3 is 1. The molecule has 0 unspecified atom stereocenters. The van der Waals surface area contributed by atoms with Crippen LogP contribution in [0.5, 0.6) is 5.75 Å². The van der Waals surface area contributed by atoms with E-state index in [1.54, 1.807) is 41.2 Å². The largest absolute Gasteiger partial charge is 0.496 e. The van der Waals surface area contributed by atoms with Gasteiger partial charge in [-0.05, 0) is 35.7 Å². The van der Waals surface area contributed by atoms with Crippen molar-refractivity contribution in [3.8, 4) is 17.1 Å². The lowest BCUT2D eigenvalue weighted by atomic mass is 10.2. The molecule has 0 aliphatic heterocycles. The van der Waals surface area contributed by atoms with E-state index in [4.69, 9.17) is 4.74 Å². The van der Waals surface area contributed by atoms with Gasteiger partial charge in [0.05, 0.1) is 24.8 Å². The van der Waals surface area contributed by atoms with Gasteiger partial charge in [-0.2, -0.15) is 0 Å². The molecular formula is C19H16N4O2S. The van der Waals surface area contributed by atoms with Gasteiger partial charge in [0.1, 0.15) is 5.75 Å². The summed E-state index contributed by atoms with van der Waals surface area (Å²) in [5, 5.41) is 13.4. The molecule has 0 aliphatic carbocycles. The maximum Gasteiger partial charge on any atom is 0.253 e. The van der Waals surface area contributed by atoms with Crippen molar-refractivity contribution >= 4 is 22.9 Å². The average molecular weight is 364 g/mol. The molecule has 26 heavy (non-hydrogen) atoms. The fraction of sp³-hybridized carbons (Fsp3) is 0.105. The number of hydrogen-bond acceptors (Lipinski definition) is 5. The number of thiophene rings is 1. The molecule has 0 spiro atoms. The van der Waals surface area contributed by atoms with E-state index in [2.05, 4.69) is 15.5 Å². The number of carbonyl (C=O) groups excluding carboxylic acids is 1. The van der Waals surface area contributed by atoms with Crippen molar-refractivity contribution in [2.75, 3.05) is 7.11 Å². The summed E-state index contributed by atoms with van der Waals surface area (Å²) in [5.74, 6) is 1.19. The minimum atomic E-state index is -0.139. The van der Waals surface area contributed by atoms with Gasteiger partial charge < -0.3 is 10.1 Å². The van der Waals surface area contributed by atoms with Gasteiger partial charge in [0.15, 0.2) is 11.5 Å². The van der Waals surface area contributed by atoms with E-state index in [1.165, 1.54) is 0 Å². The molecule has 130 valence electrons. The maximum absolute atomic E-state index is 12.5. The Labute approximate surface area is 154 Å². The van der Waals surface area contributed by atoms with Crippen LogP contribution in [0.1, 0.15) is 15.2 Å². The molecule has 7 heteroatoms. The molecule has 4 rings (SSSR count). The summed E-state index contributed by atoms with van der Waals surface area (Å²) in [6.45, 7) is 0.510. The van der Waals surface area contributed by atoms with Crippen LogP contribution in [0, 0.1) is 0 Å². The standard InChI is InChI=1S/C19H16N4O2S/c1-25-16-7-3-2-6-15(16)18-22-21-17-9-8-13(12-23(17)18)19(24)20-11-14-5-4-10-26-14/h2-10,12H,11H2,1H3,(H,20,24). The number of amides is 1. The van der Waals surface area contributed by atoms with Gasteiger partial charge in [0, 0.05) is 11.1 Å². The Hall–Kier alpha value is -3.19. The molecule has 1 amide bonds. The first-order valence-electron chi connectivity index (χ1n) is 8.05. The van der Waals surface area contributed by atoms with E-state index in [-0.39, 0.29) is 5.91 Å². The number of aromatic nitrogens is 3. The third kappa shape index (κ3) is 3.04. The highest BCUT2D eigenvalue weighted by atomic mass is 32.1. The lowest BCUT2D eigenvalue weighted by Crippen LogP contribution is -2.22. The highest BCUT2D eigenvalue weighted by Crippen LogP contribution is 2.28. The first-order valence-corrected chi connectivity index (χ1v) is 8.93. The van der Waals surface area contributed by atoms with Gasteiger partial charge in [0.2, 0.25) is 0 Å². The number of nitrogens with zero attached hydrogens (tertiary/aromatic N) is 3. The maximum atomic E-state index is 12.5. The van der Waals surface area contributed by atoms with Crippen molar-refractivity contribution in [1.29, 1.82) is 0 Å². The number of para-hydroxylation sites is 1. The van der Waals surface area contributed by atoms with Gasteiger partial charge in [-0.1, -0.05) is 18.2 Å². The first kappa shape index (κ1) is 16.3. The Morgan fingerprint density at radius 1 is 1.15 bits per heavy atom. The molecule has 0 fully saturated rings. The molecule has 0 aliphatic rings. The summed E-state index contributed by atoms with van der Waals surface area (Å²) in [6.07, 6.45) is 1.75. The van der Waals surface area contributed by atoms with Gasteiger partial charge in [-0.25, -0.2) is 0 Å². The molecule has 1 N–H and O–H groups in total. The third-order valence-corrected chi connectivity index (χ3v) is 4.89. The number of rotatable bonds is 5. The quantitative estimate of drug-likeness (QED) is 0.589. The molecule has 1 aromatic carbocycles. The van der Waals surface area contributed by atoms with Crippen molar-refractivity contribution in [3.05, 3.63) is 70.5 Å². The van der Waals surface area contributed by atoms with Gasteiger partial charge in [-0.15, -0.1) is 21.5 Å². The lowest BCUT2D eigenvalue weighted by molar-refractivity contribution is 0.0951. The molecule has 3 heterocycles. The molecule has 4 aromatic rings. The summed E-state index contributed by atoms with van der Waals surface area (Å²) < 4.78 is 7.22. The molecule has 3 aromatic heterocycles. The van der Waals surface area contributed by atoms with Crippen molar-refractivity contribution < 1.29 is 9.53 Å². The Morgan fingerprint density at radius 2 is 2.04 bits per heavy atom. The number of benzene rings is 1. The summed E-state index contributed by atoms with van der Waals surface area (Å²) in [7, 11) is 1.62. The van der Waals surface area contributed by atoms with Crippen LogP contribution in [-0.2, 0) is 6.54 Å². The van der Waals surface area contributed by atoms with E-state index in [1.807, 2.05) is 41.8 Å². The van der Waals surface area contributed by atoms with Crippen molar-refractivity contribution in [2.24, 2.45) is 0 Å². The normalized spacial score (nSPS) is 10.8. The highest BCUT2D eigenvalue weighted by molar-refractivity contribution is 7.09. The third-order valence-electron chi connectivity index (χ3n) is 4.02. The highest BCUT2D eigenvalue weighted by Gasteiger charge is 2.14.